The molecule has 21 heavy (non-hydrogen) atoms. The van der Waals surface area contributed by atoms with Gasteiger partial charge in [-0.15, -0.1) is 0 Å². The van der Waals surface area contributed by atoms with Crippen LogP contribution in [0.25, 0.3) is 0 Å². The first-order valence-corrected chi connectivity index (χ1v) is 8.58. The number of anilines is 1. The maximum atomic E-state index is 6.54. The van der Waals surface area contributed by atoms with Crippen LogP contribution >= 0.6 is 11.6 Å². The number of nitrogens with two attached hydrogens (primary N) is 1. The third-order valence-corrected chi connectivity index (χ3v) is 5.29. The van der Waals surface area contributed by atoms with E-state index in [-0.39, 0.29) is 6.04 Å². The number of hydrogen-bond acceptors (Lipinski definition) is 3. The Hall–Kier alpha value is -0.770. The molecule has 2 aliphatic heterocycles. The van der Waals surface area contributed by atoms with E-state index in [1.807, 2.05) is 6.07 Å². The number of piperazine rings is 1. The van der Waals surface area contributed by atoms with Gasteiger partial charge in [-0.2, -0.15) is 0 Å². The highest BCUT2D eigenvalue weighted by atomic mass is 35.5. The number of hydrogen-bond donors (Lipinski definition) is 1. The van der Waals surface area contributed by atoms with Gasteiger partial charge in [-0.25, -0.2) is 0 Å². The molecular formula is C17H26ClN3. The summed E-state index contributed by atoms with van der Waals surface area (Å²) < 4.78 is 0. The van der Waals surface area contributed by atoms with E-state index in [0.717, 1.165) is 37.5 Å². The van der Waals surface area contributed by atoms with Crippen molar-refractivity contribution in [1.82, 2.24) is 4.90 Å². The first-order valence-electron chi connectivity index (χ1n) is 8.21. The summed E-state index contributed by atoms with van der Waals surface area (Å²) in [6.45, 7) is 6.77. The second-order valence-corrected chi connectivity index (χ2v) is 6.81. The highest BCUT2D eigenvalue weighted by Gasteiger charge is 2.31. The lowest BCUT2D eigenvalue weighted by atomic mass is 10.0. The molecule has 2 aliphatic rings. The fourth-order valence-electron chi connectivity index (χ4n) is 3.70. The van der Waals surface area contributed by atoms with E-state index in [0.29, 0.717) is 6.04 Å². The standard InChI is InChI=1S/C17H26ClN3/c1-2-14(19)11-13-5-3-7-16(18)17(13)21-10-9-20-8-4-6-15(20)12-21/h3,5,7,14-15H,2,4,6,8-12,19H2,1H3. The molecule has 0 aromatic heterocycles. The molecule has 2 saturated heterocycles. The first-order chi connectivity index (χ1) is 10.2. The second kappa shape index (κ2) is 6.55. The van der Waals surface area contributed by atoms with Crippen LogP contribution in [0.5, 0.6) is 0 Å². The Morgan fingerprint density at radius 1 is 1.33 bits per heavy atom. The molecule has 2 atom stereocenters. The Labute approximate surface area is 133 Å². The van der Waals surface area contributed by atoms with Crippen molar-refractivity contribution in [3.05, 3.63) is 28.8 Å². The summed E-state index contributed by atoms with van der Waals surface area (Å²) in [6.07, 6.45) is 4.58. The highest BCUT2D eigenvalue weighted by Crippen LogP contribution is 2.34. The molecule has 3 nitrogen and oxygen atoms in total. The third-order valence-electron chi connectivity index (χ3n) is 4.98. The fraction of sp³-hybridized carbons (Fsp3) is 0.647. The summed E-state index contributed by atoms with van der Waals surface area (Å²) in [4.78, 5) is 5.12. The fourth-order valence-corrected chi connectivity index (χ4v) is 4.01. The van der Waals surface area contributed by atoms with Crippen molar-refractivity contribution in [2.24, 2.45) is 5.73 Å². The summed E-state index contributed by atoms with van der Waals surface area (Å²) in [5.41, 5.74) is 8.71. The van der Waals surface area contributed by atoms with Crippen LogP contribution in [-0.4, -0.2) is 43.2 Å². The Morgan fingerprint density at radius 2 is 2.19 bits per heavy atom. The Kier molecular flexibility index (Phi) is 4.72. The van der Waals surface area contributed by atoms with E-state index in [1.165, 1.54) is 30.6 Å². The number of halogens is 1. The zero-order valence-electron chi connectivity index (χ0n) is 12.9. The van der Waals surface area contributed by atoms with Crippen LogP contribution in [0.15, 0.2) is 18.2 Å². The SMILES string of the molecule is CCC(N)Cc1cccc(Cl)c1N1CCN2CCCC2C1. The summed E-state index contributed by atoms with van der Waals surface area (Å²) in [5.74, 6) is 0. The minimum Gasteiger partial charge on any atom is -0.367 e. The van der Waals surface area contributed by atoms with Gasteiger partial charge >= 0.3 is 0 Å². The molecule has 1 aromatic carbocycles. The molecule has 1 aromatic rings. The number of nitrogens with zero attached hydrogens (tertiary/aromatic N) is 2. The van der Waals surface area contributed by atoms with Crippen LogP contribution in [0.1, 0.15) is 31.7 Å². The van der Waals surface area contributed by atoms with E-state index >= 15 is 0 Å². The van der Waals surface area contributed by atoms with Gasteiger partial charge in [0.15, 0.2) is 0 Å². The Balaban J connectivity index is 1.83. The maximum absolute atomic E-state index is 6.54. The van der Waals surface area contributed by atoms with Crippen molar-refractivity contribution in [1.29, 1.82) is 0 Å². The highest BCUT2D eigenvalue weighted by molar-refractivity contribution is 6.33. The van der Waals surface area contributed by atoms with Crippen molar-refractivity contribution in [2.75, 3.05) is 31.1 Å². The van der Waals surface area contributed by atoms with Gasteiger partial charge in [0.1, 0.15) is 0 Å². The monoisotopic (exact) mass is 307 g/mol. The molecule has 116 valence electrons. The van der Waals surface area contributed by atoms with Crippen molar-refractivity contribution >= 4 is 17.3 Å². The third kappa shape index (κ3) is 3.20. The molecule has 2 fully saturated rings. The smallest absolute Gasteiger partial charge is 0.0642 e. The largest absolute Gasteiger partial charge is 0.367 e. The predicted octanol–water partition coefficient (Wildman–Crippen LogP) is 2.90. The molecule has 0 amide bonds. The maximum Gasteiger partial charge on any atom is 0.0642 e. The van der Waals surface area contributed by atoms with Gasteiger partial charge in [-0.05, 0) is 43.9 Å². The van der Waals surface area contributed by atoms with E-state index in [2.05, 4.69) is 28.9 Å². The normalized spacial score (nSPS) is 24.1. The van der Waals surface area contributed by atoms with E-state index in [9.17, 15) is 0 Å². The van der Waals surface area contributed by atoms with Crippen molar-refractivity contribution in [3.8, 4) is 0 Å². The summed E-state index contributed by atoms with van der Waals surface area (Å²) in [5, 5.41) is 0.877. The molecule has 2 heterocycles. The number of fused-ring (bicyclic) bond motifs is 1. The number of para-hydroxylation sites is 1. The van der Waals surface area contributed by atoms with Gasteiger partial charge in [0.05, 0.1) is 10.7 Å². The number of rotatable bonds is 4. The lowest BCUT2D eigenvalue weighted by Gasteiger charge is -2.40. The average molecular weight is 308 g/mol. The van der Waals surface area contributed by atoms with Crippen LogP contribution in [0, 0.1) is 0 Å². The van der Waals surface area contributed by atoms with E-state index in [1.54, 1.807) is 0 Å². The van der Waals surface area contributed by atoms with Gasteiger partial charge < -0.3 is 10.6 Å². The van der Waals surface area contributed by atoms with Crippen LogP contribution in [0.4, 0.5) is 5.69 Å². The van der Waals surface area contributed by atoms with Crippen LogP contribution < -0.4 is 10.6 Å². The van der Waals surface area contributed by atoms with Gasteiger partial charge in [0, 0.05) is 31.7 Å². The molecule has 0 radical (unpaired) electrons. The lowest BCUT2D eigenvalue weighted by molar-refractivity contribution is 0.231. The summed E-state index contributed by atoms with van der Waals surface area (Å²) in [6, 6.07) is 7.18. The van der Waals surface area contributed by atoms with Crippen LogP contribution in [0.2, 0.25) is 5.02 Å². The first kappa shape index (κ1) is 15.1. The predicted molar refractivity (Wildman–Crippen MR) is 90.2 cm³/mol. The molecular weight excluding hydrogens is 282 g/mol. The average Bonchev–Trinajstić information content (AvgIpc) is 2.94. The second-order valence-electron chi connectivity index (χ2n) is 6.40. The molecule has 3 rings (SSSR count). The molecule has 0 saturated carbocycles. The Bertz CT molecular complexity index is 491. The molecule has 4 heteroatoms. The minimum atomic E-state index is 0.218. The molecule has 2 N–H and O–H groups in total. The lowest BCUT2D eigenvalue weighted by Crippen LogP contribution is -2.50. The zero-order chi connectivity index (χ0) is 14.8. The zero-order valence-corrected chi connectivity index (χ0v) is 13.6. The number of benzene rings is 1. The summed E-state index contributed by atoms with van der Waals surface area (Å²) >= 11 is 6.54. The van der Waals surface area contributed by atoms with Crippen molar-refractivity contribution in [3.63, 3.8) is 0 Å². The van der Waals surface area contributed by atoms with Gasteiger partial charge in [-0.3, -0.25) is 4.90 Å². The quantitative estimate of drug-likeness (QED) is 0.928. The van der Waals surface area contributed by atoms with Gasteiger partial charge in [0.25, 0.3) is 0 Å². The minimum absolute atomic E-state index is 0.218. The molecule has 0 spiro atoms. The summed E-state index contributed by atoms with van der Waals surface area (Å²) in [7, 11) is 0. The molecule has 0 bridgehead atoms. The van der Waals surface area contributed by atoms with Crippen LogP contribution in [-0.2, 0) is 6.42 Å². The topological polar surface area (TPSA) is 32.5 Å². The molecule has 0 aliphatic carbocycles. The van der Waals surface area contributed by atoms with Gasteiger partial charge in [-0.1, -0.05) is 30.7 Å². The van der Waals surface area contributed by atoms with Crippen LogP contribution in [0.3, 0.4) is 0 Å². The Morgan fingerprint density at radius 3 is 3.00 bits per heavy atom. The van der Waals surface area contributed by atoms with E-state index in [4.69, 9.17) is 17.3 Å². The van der Waals surface area contributed by atoms with Crippen molar-refractivity contribution in [2.45, 2.75) is 44.7 Å². The van der Waals surface area contributed by atoms with Crippen molar-refractivity contribution < 1.29 is 0 Å². The van der Waals surface area contributed by atoms with Gasteiger partial charge in [0.2, 0.25) is 0 Å². The molecule has 2 unspecified atom stereocenters. The van der Waals surface area contributed by atoms with E-state index < -0.39 is 0 Å².